The first-order valence-electron chi connectivity index (χ1n) is 10.3. The molecule has 3 fully saturated rings. The van der Waals surface area contributed by atoms with Gasteiger partial charge >= 0.3 is 0 Å². The van der Waals surface area contributed by atoms with E-state index in [1.54, 1.807) is 0 Å². The lowest BCUT2D eigenvalue weighted by atomic mass is 9.78. The van der Waals surface area contributed by atoms with Crippen LogP contribution in [0.3, 0.4) is 0 Å². The zero-order chi connectivity index (χ0) is 16.9. The van der Waals surface area contributed by atoms with E-state index in [9.17, 15) is 5.21 Å². The summed E-state index contributed by atoms with van der Waals surface area (Å²) in [6.45, 7) is 4.09. The normalized spacial score (nSPS) is 42.6. The zero-order valence-corrected chi connectivity index (χ0v) is 15.8. The highest BCUT2D eigenvalue weighted by Crippen LogP contribution is 2.31. The van der Waals surface area contributed by atoms with Gasteiger partial charge in [0.2, 0.25) is 0 Å². The van der Waals surface area contributed by atoms with E-state index in [2.05, 4.69) is 0 Å². The molecule has 1 atom stereocenters. The molecule has 1 saturated heterocycles. The summed E-state index contributed by atoms with van der Waals surface area (Å²) in [5.41, 5.74) is 0. The molecule has 2 aliphatic carbocycles. The molecule has 0 aromatic carbocycles. The van der Waals surface area contributed by atoms with Gasteiger partial charge in [0.15, 0.2) is 0 Å². The van der Waals surface area contributed by atoms with Crippen LogP contribution in [0.2, 0.25) is 0 Å². The van der Waals surface area contributed by atoms with Gasteiger partial charge in [-0.3, -0.25) is 0 Å². The first-order chi connectivity index (χ1) is 11.6. The topological polar surface area (TPSA) is 52.2 Å². The monoisotopic (exact) mass is 359 g/mol. The molecular weight excluding hydrogens is 324 g/mol. The molecule has 0 aromatic rings. The lowest BCUT2D eigenvalue weighted by Gasteiger charge is -2.36. The second kappa shape index (κ2) is 9.18. The Labute approximate surface area is 152 Å². The highest BCUT2D eigenvalue weighted by atomic mass is 35.5. The molecular formula is C19H36ClN2O2+. The molecule has 3 aliphatic rings. The molecule has 0 spiro atoms. The standard InChI is InChI=1S/C19H35ClN2O2/c20-18-5-1-17(2-6-18)14-21-11-9-16(10-12-21)13-15-3-7-19(8-4-15)22(23)24/h15-19,22-23H,1-14H2/p+1. The molecule has 0 bridgehead atoms. The van der Waals surface area contributed by atoms with E-state index in [0.29, 0.717) is 5.38 Å². The number of nitrogens with one attached hydrogen (secondary N) is 2. The van der Waals surface area contributed by atoms with Crippen LogP contribution in [-0.4, -0.2) is 36.3 Å². The summed E-state index contributed by atoms with van der Waals surface area (Å²) in [4.78, 5) is 1.83. The van der Waals surface area contributed by atoms with Crippen LogP contribution in [0.5, 0.6) is 0 Å². The SMILES string of the molecule is [O-][NH+](O)C1CCC(CC2CC[NH+](CC3CCC(Cl)CC3)CC2)CC1. The Balaban J connectivity index is 1.31. The fraction of sp³-hybridized carbons (Fsp3) is 1.00. The van der Waals surface area contributed by atoms with Gasteiger partial charge in [0.05, 0.1) is 19.6 Å². The summed E-state index contributed by atoms with van der Waals surface area (Å²) in [7, 11) is 0. The number of halogens is 1. The third-order valence-corrected chi connectivity index (χ3v) is 7.47. The largest absolute Gasteiger partial charge is 0.600 e. The average Bonchev–Trinajstić information content (AvgIpc) is 2.59. The van der Waals surface area contributed by atoms with Gasteiger partial charge in [0, 0.05) is 24.1 Å². The van der Waals surface area contributed by atoms with Gasteiger partial charge in [-0.2, -0.15) is 0 Å². The van der Waals surface area contributed by atoms with Crippen molar-refractivity contribution < 1.29 is 15.3 Å². The van der Waals surface area contributed by atoms with Crippen molar-refractivity contribution in [3.05, 3.63) is 5.21 Å². The molecule has 140 valence electrons. The molecule has 4 nitrogen and oxygen atoms in total. The second-order valence-corrected chi connectivity index (χ2v) is 9.42. The predicted molar refractivity (Wildman–Crippen MR) is 96.4 cm³/mol. The van der Waals surface area contributed by atoms with Crippen molar-refractivity contribution in [1.82, 2.24) is 0 Å². The van der Waals surface area contributed by atoms with Crippen LogP contribution in [-0.2, 0) is 0 Å². The summed E-state index contributed by atoms with van der Waals surface area (Å²) in [5, 5.41) is 20.0. The maximum Gasteiger partial charge on any atom is 0.117 e. The molecule has 3 rings (SSSR count). The Morgan fingerprint density at radius 2 is 1.38 bits per heavy atom. The molecule has 2 saturated carbocycles. The van der Waals surface area contributed by atoms with Crippen molar-refractivity contribution in [2.24, 2.45) is 17.8 Å². The lowest BCUT2D eigenvalue weighted by Crippen LogP contribution is -3.13. The van der Waals surface area contributed by atoms with E-state index < -0.39 is 5.23 Å². The molecule has 24 heavy (non-hydrogen) atoms. The molecule has 5 heteroatoms. The maximum absolute atomic E-state index is 11.1. The Morgan fingerprint density at radius 1 is 0.833 bits per heavy atom. The minimum atomic E-state index is -0.575. The Bertz CT molecular complexity index is 358. The highest BCUT2D eigenvalue weighted by Gasteiger charge is 2.30. The summed E-state index contributed by atoms with van der Waals surface area (Å²) in [6.07, 6.45) is 13.4. The van der Waals surface area contributed by atoms with Crippen LogP contribution in [0.15, 0.2) is 0 Å². The molecule has 0 aromatic heterocycles. The van der Waals surface area contributed by atoms with E-state index >= 15 is 0 Å². The second-order valence-electron chi connectivity index (χ2n) is 8.81. The van der Waals surface area contributed by atoms with Crippen molar-refractivity contribution in [2.75, 3.05) is 19.6 Å². The van der Waals surface area contributed by atoms with Crippen LogP contribution >= 0.6 is 11.6 Å². The smallest absolute Gasteiger partial charge is 0.117 e. The van der Waals surface area contributed by atoms with Crippen LogP contribution in [0.4, 0.5) is 0 Å². The van der Waals surface area contributed by atoms with E-state index in [4.69, 9.17) is 16.8 Å². The van der Waals surface area contributed by atoms with Crippen molar-refractivity contribution >= 4 is 11.6 Å². The van der Waals surface area contributed by atoms with Crippen molar-refractivity contribution in [1.29, 1.82) is 0 Å². The van der Waals surface area contributed by atoms with Crippen molar-refractivity contribution in [3.8, 4) is 0 Å². The number of quaternary nitrogens is 2. The number of rotatable bonds is 5. The number of alkyl halides is 1. The van der Waals surface area contributed by atoms with Crippen LogP contribution in [0, 0.1) is 23.0 Å². The lowest BCUT2D eigenvalue weighted by molar-refractivity contribution is -1.07. The van der Waals surface area contributed by atoms with Gasteiger partial charge in [0.25, 0.3) is 0 Å². The fourth-order valence-corrected chi connectivity index (χ4v) is 5.63. The quantitative estimate of drug-likeness (QED) is 0.518. The number of piperidine rings is 1. The van der Waals surface area contributed by atoms with Crippen LogP contribution in [0.25, 0.3) is 0 Å². The summed E-state index contributed by atoms with van der Waals surface area (Å²) in [6, 6.07) is -0.0596. The van der Waals surface area contributed by atoms with E-state index in [0.717, 1.165) is 43.4 Å². The average molecular weight is 360 g/mol. The molecule has 1 aliphatic heterocycles. The Hall–Kier alpha value is 0.130. The van der Waals surface area contributed by atoms with Crippen LogP contribution in [0.1, 0.15) is 70.6 Å². The number of likely N-dealkylation sites (tertiary alicyclic amines) is 1. The number of hydrogen-bond donors (Lipinski definition) is 3. The highest BCUT2D eigenvalue weighted by molar-refractivity contribution is 6.20. The zero-order valence-electron chi connectivity index (χ0n) is 15.0. The minimum Gasteiger partial charge on any atom is -0.600 e. The third kappa shape index (κ3) is 5.57. The van der Waals surface area contributed by atoms with Gasteiger partial charge in [0.1, 0.15) is 6.04 Å². The van der Waals surface area contributed by atoms with Crippen LogP contribution < -0.4 is 10.1 Å². The van der Waals surface area contributed by atoms with E-state index in [1.807, 2.05) is 4.90 Å². The predicted octanol–water partition coefficient (Wildman–Crippen LogP) is 1.80. The maximum atomic E-state index is 11.1. The van der Waals surface area contributed by atoms with Crippen molar-refractivity contribution in [2.45, 2.75) is 82.0 Å². The Kier molecular flexibility index (Phi) is 7.23. The number of hydrogen-bond acceptors (Lipinski definition) is 2. The van der Waals surface area contributed by atoms with Gasteiger partial charge < -0.3 is 10.1 Å². The first-order valence-corrected chi connectivity index (χ1v) is 10.7. The van der Waals surface area contributed by atoms with Crippen molar-refractivity contribution in [3.63, 3.8) is 0 Å². The minimum absolute atomic E-state index is 0.0596. The van der Waals surface area contributed by atoms with Gasteiger partial charge in [-0.15, -0.1) is 11.6 Å². The first kappa shape index (κ1) is 18.9. The van der Waals surface area contributed by atoms with Gasteiger partial charge in [-0.05, 0) is 69.6 Å². The van der Waals surface area contributed by atoms with Gasteiger partial charge in [-0.1, -0.05) is 0 Å². The molecule has 1 heterocycles. The molecule has 3 N–H and O–H groups in total. The molecule has 1 unspecified atom stereocenters. The van der Waals surface area contributed by atoms with Gasteiger partial charge in [-0.25, -0.2) is 10.4 Å². The summed E-state index contributed by atoms with van der Waals surface area (Å²) < 4.78 is 0. The summed E-state index contributed by atoms with van der Waals surface area (Å²) >= 11 is 6.22. The number of hydroxylamine groups is 2. The van der Waals surface area contributed by atoms with E-state index in [-0.39, 0.29) is 6.04 Å². The molecule has 0 radical (unpaired) electrons. The molecule has 0 amide bonds. The third-order valence-electron chi connectivity index (χ3n) is 7.03. The van der Waals surface area contributed by atoms with E-state index in [1.165, 1.54) is 64.6 Å². The fourth-order valence-electron chi connectivity index (χ4n) is 5.38. The summed E-state index contributed by atoms with van der Waals surface area (Å²) in [5.74, 6) is 2.61. The Morgan fingerprint density at radius 3 is 1.96 bits per heavy atom.